The molecule has 1 rings (SSSR count). The zero-order valence-electron chi connectivity index (χ0n) is 11.5. The van der Waals surface area contributed by atoms with Crippen LogP contribution >= 0.6 is 12.2 Å². The van der Waals surface area contributed by atoms with Crippen molar-refractivity contribution in [1.29, 1.82) is 0 Å². The van der Waals surface area contributed by atoms with Crippen molar-refractivity contribution in [3.05, 3.63) is 29.3 Å². The second kappa shape index (κ2) is 5.88. The van der Waals surface area contributed by atoms with Gasteiger partial charge in [0.25, 0.3) is 0 Å². The van der Waals surface area contributed by atoms with E-state index in [9.17, 15) is 18.0 Å². The molecule has 116 valence electrons. The lowest BCUT2D eigenvalue weighted by Gasteiger charge is -2.27. The lowest BCUT2D eigenvalue weighted by Crippen LogP contribution is -2.36. The third-order valence-corrected chi connectivity index (χ3v) is 2.91. The first-order valence-corrected chi connectivity index (χ1v) is 6.41. The summed E-state index contributed by atoms with van der Waals surface area (Å²) in [7, 11) is 0. The Bertz CT molecular complexity index is 570. The van der Waals surface area contributed by atoms with Gasteiger partial charge in [0.05, 0.1) is 5.56 Å². The van der Waals surface area contributed by atoms with E-state index in [2.05, 4.69) is 17.5 Å². The Hall–Kier alpha value is -1.83. The van der Waals surface area contributed by atoms with Crippen LogP contribution in [0.5, 0.6) is 0 Å². The van der Waals surface area contributed by atoms with Crippen LogP contribution in [0.4, 0.5) is 18.9 Å². The third-order valence-electron chi connectivity index (χ3n) is 2.69. The topological polar surface area (TPSA) is 81.1 Å². The molecule has 0 saturated carbocycles. The zero-order chi connectivity index (χ0) is 16.4. The number of nitrogens with one attached hydrogen (secondary N) is 1. The van der Waals surface area contributed by atoms with Crippen molar-refractivity contribution >= 4 is 28.8 Å². The Morgan fingerprint density at radius 1 is 1.29 bits per heavy atom. The lowest BCUT2D eigenvalue weighted by atomic mass is 9.98. The minimum Gasteiger partial charge on any atom is -0.389 e. The Morgan fingerprint density at radius 2 is 1.86 bits per heavy atom. The van der Waals surface area contributed by atoms with E-state index in [0.29, 0.717) is 5.69 Å². The van der Waals surface area contributed by atoms with Gasteiger partial charge in [-0.3, -0.25) is 4.79 Å². The first-order chi connectivity index (χ1) is 9.42. The van der Waals surface area contributed by atoms with E-state index in [4.69, 9.17) is 11.5 Å². The largest absolute Gasteiger partial charge is 0.417 e. The minimum atomic E-state index is -4.54. The number of hydrogen-bond acceptors (Lipinski definition) is 3. The highest BCUT2D eigenvalue weighted by Crippen LogP contribution is 2.34. The van der Waals surface area contributed by atoms with Crippen LogP contribution in [0.15, 0.2) is 18.2 Å². The number of benzene rings is 1. The smallest absolute Gasteiger partial charge is 0.389 e. The van der Waals surface area contributed by atoms with Gasteiger partial charge in [-0.1, -0.05) is 12.2 Å². The van der Waals surface area contributed by atoms with Crippen LogP contribution in [0.1, 0.15) is 31.4 Å². The van der Waals surface area contributed by atoms with Crippen LogP contribution in [-0.2, 0) is 11.0 Å². The number of halogens is 3. The van der Waals surface area contributed by atoms with Crippen LogP contribution < -0.4 is 16.8 Å². The number of rotatable bonds is 5. The molecule has 0 radical (unpaired) electrons. The molecule has 0 aliphatic heterocycles. The van der Waals surface area contributed by atoms with Crippen molar-refractivity contribution in [1.82, 2.24) is 0 Å². The number of anilines is 1. The number of hydrogen-bond donors (Lipinski definition) is 3. The molecule has 1 aromatic rings. The summed E-state index contributed by atoms with van der Waals surface area (Å²) >= 11 is 4.67. The van der Waals surface area contributed by atoms with Gasteiger partial charge in [-0.15, -0.1) is 0 Å². The number of amides is 1. The van der Waals surface area contributed by atoms with Crippen molar-refractivity contribution in [3.63, 3.8) is 0 Å². The first-order valence-electron chi connectivity index (χ1n) is 6.00. The first kappa shape index (κ1) is 17.2. The lowest BCUT2D eigenvalue weighted by molar-refractivity contribution is -0.137. The van der Waals surface area contributed by atoms with Crippen molar-refractivity contribution in [2.24, 2.45) is 11.5 Å². The van der Waals surface area contributed by atoms with Crippen molar-refractivity contribution < 1.29 is 18.0 Å². The van der Waals surface area contributed by atoms with E-state index in [0.717, 1.165) is 6.07 Å². The number of primary amides is 1. The molecular weight excluding hydrogens is 303 g/mol. The van der Waals surface area contributed by atoms with Gasteiger partial charge in [0.15, 0.2) is 0 Å². The Morgan fingerprint density at radius 3 is 2.29 bits per heavy atom. The summed E-state index contributed by atoms with van der Waals surface area (Å²) in [4.78, 5) is 10.6. The number of carbonyl (C=O) groups excluding carboxylic acids is 1. The zero-order valence-corrected chi connectivity index (χ0v) is 12.4. The van der Waals surface area contributed by atoms with Gasteiger partial charge in [0.2, 0.25) is 5.91 Å². The average molecular weight is 319 g/mol. The van der Waals surface area contributed by atoms with Crippen LogP contribution in [0.2, 0.25) is 0 Å². The summed E-state index contributed by atoms with van der Waals surface area (Å²) in [6.07, 6.45) is -4.52. The molecule has 5 N–H and O–H groups in total. The number of carbonyl (C=O) groups is 1. The van der Waals surface area contributed by atoms with E-state index in [1.165, 1.54) is 12.1 Å². The highest BCUT2D eigenvalue weighted by Gasteiger charge is 2.34. The van der Waals surface area contributed by atoms with Crippen LogP contribution in [0, 0.1) is 0 Å². The summed E-state index contributed by atoms with van der Waals surface area (Å²) in [5.74, 6) is -0.519. The standard InChI is InChI=1S/C13H16F3N3OS/c1-12(2,6-10(17)20)19-7-3-4-9(13(14,15)16)8(5-7)11(18)21/h3-5,19H,6H2,1-2H3,(H2,17,20)(H2,18,21). The number of thiocarbonyl (C=S) groups is 1. The fourth-order valence-corrected chi connectivity index (χ4v) is 2.11. The average Bonchev–Trinajstić information content (AvgIpc) is 2.24. The summed E-state index contributed by atoms with van der Waals surface area (Å²) in [6.45, 7) is 3.41. The predicted octanol–water partition coefficient (Wildman–Crippen LogP) is 2.41. The molecule has 0 saturated heterocycles. The fourth-order valence-electron chi connectivity index (χ4n) is 1.94. The van der Waals surface area contributed by atoms with Crippen molar-refractivity contribution in [2.75, 3.05) is 5.32 Å². The Balaban J connectivity index is 3.15. The second-order valence-electron chi connectivity index (χ2n) is 5.27. The third kappa shape index (κ3) is 4.89. The molecule has 0 heterocycles. The van der Waals surface area contributed by atoms with Gasteiger partial charge in [0, 0.05) is 23.2 Å². The van der Waals surface area contributed by atoms with Gasteiger partial charge in [-0.25, -0.2) is 0 Å². The van der Waals surface area contributed by atoms with Crippen LogP contribution in [0.25, 0.3) is 0 Å². The molecule has 1 amide bonds. The normalized spacial score (nSPS) is 12.0. The molecule has 8 heteroatoms. The van der Waals surface area contributed by atoms with Gasteiger partial charge in [-0.2, -0.15) is 13.2 Å². The molecule has 21 heavy (non-hydrogen) atoms. The molecule has 0 fully saturated rings. The molecule has 1 aromatic carbocycles. The van der Waals surface area contributed by atoms with Gasteiger partial charge < -0.3 is 16.8 Å². The summed E-state index contributed by atoms with van der Waals surface area (Å²) in [6, 6.07) is 3.37. The molecule has 0 bridgehead atoms. The SMILES string of the molecule is CC(C)(CC(N)=O)Nc1ccc(C(F)(F)F)c(C(N)=S)c1. The molecule has 4 nitrogen and oxygen atoms in total. The monoisotopic (exact) mass is 319 g/mol. The molecular formula is C13H16F3N3OS. The maximum Gasteiger partial charge on any atom is 0.417 e. The molecule has 0 aliphatic rings. The van der Waals surface area contributed by atoms with Gasteiger partial charge in [-0.05, 0) is 32.0 Å². The van der Waals surface area contributed by atoms with Crippen molar-refractivity contribution in [3.8, 4) is 0 Å². The Kier molecular flexibility index (Phi) is 4.83. The molecule has 0 aromatic heterocycles. The van der Waals surface area contributed by atoms with E-state index in [1.807, 2.05) is 0 Å². The minimum absolute atomic E-state index is 0.0242. The van der Waals surface area contributed by atoms with E-state index < -0.39 is 23.2 Å². The molecule has 0 unspecified atom stereocenters. The van der Waals surface area contributed by atoms with Gasteiger partial charge >= 0.3 is 6.18 Å². The fraction of sp³-hybridized carbons (Fsp3) is 0.385. The number of nitrogens with two attached hydrogens (primary N) is 2. The Labute approximate surface area is 125 Å². The molecule has 0 atom stereocenters. The molecule has 0 spiro atoms. The van der Waals surface area contributed by atoms with E-state index in [-0.39, 0.29) is 17.0 Å². The van der Waals surface area contributed by atoms with E-state index >= 15 is 0 Å². The summed E-state index contributed by atoms with van der Waals surface area (Å²) in [5.41, 5.74) is 8.98. The van der Waals surface area contributed by atoms with Crippen LogP contribution in [0.3, 0.4) is 0 Å². The highest BCUT2D eigenvalue weighted by molar-refractivity contribution is 7.80. The summed E-state index contributed by atoms with van der Waals surface area (Å²) < 4.78 is 38.6. The maximum absolute atomic E-state index is 12.9. The quantitative estimate of drug-likeness (QED) is 0.728. The van der Waals surface area contributed by atoms with Crippen LogP contribution in [-0.4, -0.2) is 16.4 Å². The second-order valence-corrected chi connectivity index (χ2v) is 5.71. The highest BCUT2D eigenvalue weighted by atomic mass is 32.1. The number of alkyl halides is 3. The van der Waals surface area contributed by atoms with E-state index in [1.54, 1.807) is 13.8 Å². The van der Waals surface area contributed by atoms with Gasteiger partial charge in [0.1, 0.15) is 4.99 Å². The molecule has 0 aliphatic carbocycles. The maximum atomic E-state index is 12.9. The summed E-state index contributed by atoms with van der Waals surface area (Å²) in [5, 5.41) is 2.94. The van der Waals surface area contributed by atoms with Crippen molar-refractivity contribution in [2.45, 2.75) is 32.0 Å². The predicted molar refractivity (Wildman–Crippen MR) is 78.8 cm³/mol.